The highest BCUT2D eigenvalue weighted by molar-refractivity contribution is 6.30. The summed E-state index contributed by atoms with van der Waals surface area (Å²) in [5.41, 5.74) is 4.36. The maximum Gasteiger partial charge on any atom is 0.108 e. The SMILES string of the molecule is CCCCc1ccc(C=C(C(=N)c2ccc(Cl)cc2)C(O)c2cccnc2)cc1. The van der Waals surface area contributed by atoms with Crippen molar-refractivity contribution in [3.8, 4) is 0 Å². The van der Waals surface area contributed by atoms with Crippen LogP contribution in [0.15, 0.2) is 78.6 Å². The monoisotopic (exact) mass is 404 g/mol. The Morgan fingerprint density at radius 2 is 1.83 bits per heavy atom. The number of pyridine rings is 1. The summed E-state index contributed by atoms with van der Waals surface area (Å²) in [7, 11) is 0. The minimum Gasteiger partial charge on any atom is -0.384 e. The number of rotatable bonds is 8. The zero-order valence-corrected chi connectivity index (χ0v) is 17.2. The van der Waals surface area contributed by atoms with Crippen molar-refractivity contribution in [3.63, 3.8) is 0 Å². The van der Waals surface area contributed by atoms with E-state index < -0.39 is 6.10 Å². The lowest BCUT2D eigenvalue weighted by atomic mass is 9.92. The van der Waals surface area contributed by atoms with Crippen LogP contribution in [0.4, 0.5) is 0 Å². The lowest BCUT2D eigenvalue weighted by Gasteiger charge is -2.17. The summed E-state index contributed by atoms with van der Waals surface area (Å²) in [5, 5.41) is 20.4. The molecule has 0 aliphatic carbocycles. The van der Waals surface area contributed by atoms with Gasteiger partial charge in [-0.3, -0.25) is 10.4 Å². The minimum atomic E-state index is -0.952. The third-order valence-electron chi connectivity index (χ3n) is 4.84. The quantitative estimate of drug-likeness (QED) is 0.435. The van der Waals surface area contributed by atoms with E-state index in [1.54, 1.807) is 42.7 Å². The molecule has 0 amide bonds. The third-order valence-corrected chi connectivity index (χ3v) is 5.09. The molecule has 1 atom stereocenters. The van der Waals surface area contributed by atoms with Crippen molar-refractivity contribution in [2.75, 3.05) is 0 Å². The van der Waals surface area contributed by atoms with Gasteiger partial charge < -0.3 is 5.11 Å². The van der Waals surface area contributed by atoms with E-state index in [1.807, 2.05) is 24.3 Å². The van der Waals surface area contributed by atoms with Gasteiger partial charge in [0.25, 0.3) is 0 Å². The predicted molar refractivity (Wildman–Crippen MR) is 121 cm³/mol. The zero-order valence-electron chi connectivity index (χ0n) is 16.5. The fourth-order valence-electron chi connectivity index (χ4n) is 3.13. The normalized spacial score (nSPS) is 12.6. The van der Waals surface area contributed by atoms with Crippen molar-refractivity contribution in [3.05, 3.63) is 106 Å². The van der Waals surface area contributed by atoms with Crippen molar-refractivity contribution < 1.29 is 5.11 Å². The molecule has 2 N–H and O–H groups in total. The maximum atomic E-state index is 11.0. The molecule has 3 aromatic rings. The van der Waals surface area contributed by atoms with E-state index in [4.69, 9.17) is 17.0 Å². The van der Waals surface area contributed by atoms with Crippen LogP contribution in [0.3, 0.4) is 0 Å². The molecule has 0 saturated heterocycles. The Hall–Kier alpha value is -2.75. The highest BCUT2D eigenvalue weighted by Crippen LogP contribution is 2.27. The Morgan fingerprint density at radius 1 is 1.10 bits per heavy atom. The molecule has 2 aromatic carbocycles. The van der Waals surface area contributed by atoms with Crippen LogP contribution >= 0.6 is 11.6 Å². The van der Waals surface area contributed by atoms with Gasteiger partial charge in [-0.15, -0.1) is 0 Å². The molecule has 3 nitrogen and oxygen atoms in total. The number of hydrogen-bond donors (Lipinski definition) is 2. The molecule has 0 radical (unpaired) electrons. The minimum absolute atomic E-state index is 0.257. The summed E-state index contributed by atoms with van der Waals surface area (Å²) < 4.78 is 0. The maximum absolute atomic E-state index is 11.0. The van der Waals surface area contributed by atoms with Crippen LogP contribution in [0.5, 0.6) is 0 Å². The average molecular weight is 405 g/mol. The molecule has 0 aliphatic rings. The third kappa shape index (κ3) is 5.63. The van der Waals surface area contributed by atoms with E-state index >= 15 is 0 Å². The first-order valence-corrected chi connectivity index (χ1v) is 10.2. The molecule has 4 heteroatoms. The summed E-state index contributed by atoms with van der Waals surface area (Å²) in [5.74, 6) is 0. The Bertz CT molecular complexity index is 964. The summed E-state index contributed by atoms with van der Waals surface area (Å²) in [6.45, 7) is 2.19. The Kier molecular flexibility index (Phi) is 7.34. The molecule has 0 bridgehead atoms. The summed E-state index contributed by atoms with van der Waals surface area (Å²) >= 11 is 5.99. The van der Waals surface area contributed by atoms with E-state index in [1.165, 1.54) is 18.4 Å². The number of aliphatic hydroxyl groups is 1. The largest absolute Gasteiger partial charge is 0.384 e. The van der Waals surface area contributed by atoms with Crippen LogP contribution in [-0.4, -0.2) is 15.8 Å². The second-order valence-electron chi connectivity index (χ2n) is 7.02. The van der Waals surface area contributed by atoms with Crippen molar-refractivity contribution in [2.24, 2.45) is 0 Å². The van der Waals surface area contributed by atoms with Crippen LogP contribution in [0.1, 0.15) is 48.1 Å². The van der Waals surface area contributed by atoms with E-state index in [2.05, 4.69) is 24.0 Å². The molecular formula is C25H25ClN2O. The molecule has 0 aliphatic heterocycles. The first kappa shape index (κ1) is 21.0. The van der Waals surface area contributed by atoms with Crippen LogP contribution in [0, 0.1) is 5.41 Å². The fraction of sp³-hybridized carbons (Fsp3) is 0.200. The number of nitrogens with zero attached hydrogens (tertiary/aromatic N) is 1. The van der Waals surface area contributed by atoms with Gasteiger partial charge in [0, 0.05) is 28.6 Å². The highest BCUT2D eigenvalue weighted by atomic mass is 35.5. The average Bonchev–Trinajstić information content (AvgIpc) is 2.77. The first-order chi connectivity index (χ1) is 14.1. The molecule has 1 unspecified atom stereocenters. The summed E-state index contributed by atoms with van der Waals surface area (Å²) in [6.07, 6.45) is 7.61. The Balaban J connectivity index is 1.96. The number of unbranched alkanes of at least 4 members (excludes halogenated alkanes) is 1. The van der Waals surface area contributed by atoms with Crippen molar-refractivity contribution in [1.82, 2.24) is 4.98 Å². The number of aryl methyl sites for hydroxylation is 1. The topological polar surface area (TPSA) is 57.0 Å². The first-order valence-electron chi connectivity index (χ1n) is 9.82. The number of halogens is 1. The molecule has 29 heavy (non-hydrogen) atoms. The van der Waals surface area contributed by atoms with Gasteiger partial charge in [-0.25, -0.2) is 0 Å². The van der Waals surface area contributed by atoms with Gasteiger partial charge in [0.15, 0.2) is 0 Å². The van der Waals surface area contributed by atoms with Crippen LogP contribution < -0.4 is 0 Å². The second-order valence-corrected chi connectivity index (χ2v) is 7.45. The van der Waals surface area contributed by atoms with Crippen molar-refractivity contribution in [2.45, 2.75) is 32.3 Å². The van der Waals surface area contributed by atoms with Crippen LogP contribution in [0.2, 0.25) is 5.02 Å². The second kappa shape index (κ2) is 10.1. The molecule has 0 fully saturated rings. The number of hydrogen-bond acceptors (Lipinski definition) is 3. The van der Waals surface area contributed by atoms with Crippen molar-refractivity contribution >= 4 is 23.4 Å². The number of benzene rings is 2. The molecule has 148 valence electrons. The number of nitrogens with one attached hydrogen (secondary N) is 1. The molecule has 0 saturated carbocycles. The van der Waals surface area contributed by atoms with E-state index in [0.717, 1.165) is 12.0 Å². The Morgan fingerprint density at radius 3 is 2.45 bits per heavy atom. The molecule has 0 spiro atoms. The van der Waals surface area contributed by atoms with Crippen LogP contribution in [0.25, 0.3) is 6.08 Å². The van der Waals surface area contributed by atoms with Gasteiger partial charge in [-0.2, -0.15) is 0 Å². The van der Waals surface area contributed by atoms with Gasteiger partial charge in [0.2, 0.25) is 0 Å². The smallest absolute Gasteiger partial charge is 0.108 e. The van der Waals surface area contributed by atoms with Gasteiger partial charge in [0.05, 0.1) is 5.71 Å². The molecule has 1 heterocycles. The highest BCUT2D eigenvalue weighted by Gasteiger charge is 2.19. The van der Waals surface area contributed by atoms with Crippen LogP contribution in [-0.2, 0) is 6.42 Å². The standard InChI is InChI=1S/C25H25ClN2O/c1-2-3-5-18-7-9-19(10-8-18)16-23(25(29)21-6-4-15-28-17-21)24(27)20-11-13-22(26)14-12-20/h4,6-17,25,27,29H,2-3,5H2,1H3. The number of aliphatic hydroxyl groups excluding tert-OH is 1. The Labute approximate surface area is 177 Å². The van der Waals surface area contributed by atoms with Crippen molar-refractivity contribution in [1.29, 1.82) is 5.41 Å². The van der Waals surface area contributed by atoms with Gasteiger partial charge in [-0.05, 0) is 53.8 Å². The summed E-state index contributed by atoms with van der Waals surface area (Å²) in [6, 6.07) is 19.0. The van der Waals surface area contributed by atoms with Gasteiger partial charge >= 0.3 is 0 Å². The number of aromatic nitrogens is 1. The predicted octanol–water partition coefficient (Wildman–Crippen LogP) is 6.26. The van der Waals surface area contributed by atoms with E-state index in [9.17, 15) is 5.11 Å². The zero-order chi connectivity index (χ0) is 20.6. The summed E-state index contributed by atoms with van der Waals surface area (Å²) in [4.78, 5) is 4.10. The fourth-order valence-corrected chi connectivity index (χ4v) is 3.26. The lowest BCUT2D eigenvalue weighted by Crippen LogP contribution is -2.12. The van der Waals surface area contributed by atoms with Gasteiger partial charge in [0.1, 0.15) is 6.10 Å². The van der Waals surface area contributed by atoms with E-state index in [-0.39, 0.29) is 5.71 Å². The molecule has 3 rings (SSSR count). The molecule has 1 aromatic heterocycles. The van der Waals surface area contributed by atoms with Gasteiger partial charge in [-0.1, -0.05) is 67.4 Å². The lowest BCUT2D eigenvalue weighted by molar-refractivity contribution is 0.222. The van der Waals surface area contributed by atoms with E-state index in [0.29, 0.717) is 21.7 Å². The molecular weight excluding hydrogens is 380 g/mol.